The van der Waals surface area contributed by atoms with Crippen molar-refractivity contribution in [2.45, 2.75) is 46.3 Å². The Morgan fingerprint density at radius 1 is 1.12 bits per heavy atom. The van der Waals surface area contributed by atoms with E-state index in [0.717, 1.165) is 19.6 Å². The van der Waals surface area contributed by atoms with Crippen molar-refractivity contribution < 1.29 is 0 Å². The van der Waals surface area contributed by atoms with Crippen molar-refractivity contribution in [1.82, 2.24) is 10.2 Å². The second-order valence-electron chi connectivity index (χ2n) is 5.70. The Hall–Kier alpha value is -0.860. The summed E-state index contributed by atoms with van der Waals surface area (Å²) in [4.78, 5) is 2.33. The fraction of sp³-hybridized carbons (Fsp3) is 0.600. The zero-order chi connectivity index (χ0) is 12.9. The molecule has 0 spiro atoms. The van der Waals surface area contributed by atoms with Crippen molar-refractivity contribution in [1.29, 1.82) is 0 Å². The molecule has 0 aliphatic carbocycles. The molecule has 0 unspecified atom stereocenters. The van der Waals surface area contributed by atoms with Crippen LogP contribution in [0.2, 0.25) is 0 Å². The summed E-state index contributed by atoms with van der Waals surface area (Å²) in [7, 11) is 2.16. The lowest BCUT2D eigenvalue weighted by Gasteiger charge is -2.23. The van der Waals surface area contributed by atoms with Crippen molar-refractivity contribution in [2.75, 3.05) is 13.6 Å². The molecule has 0 saturated carbocycles. The lowest BCUT2D eigenvalue weighted by molar-refractivity contribution is 0.343. The van der Waals surface area contributed by atoms with E-state index in [1.54, 1.807) is 0 Å². The highest BCUT2D eigenvalue weighted by atomic mass is 15.1. The van der Waals surface area contributed by atoms with Crippen LogP contribution in [0.15, 0.2) is 24.3 Å². The summed E-state index contributed by atoms with van der Waals surface area (Å²) in [6.07, 6.45) is 0. The molecule has 0 heterocycles. The van der Waals surface area contributed by atoms with Gasteiger partial charge >= 0.3 is 0 Å². The molecule has 0 radical (unpaired) electrons. The zero-order valence-corrected chi connectivity index (χ0v) is 11.9. The third-order valence-electron chi connectivity index (χ3n) is 2.91. The molecule has 0 aliphatic rings. The summed E-state index contributed by atoms with van der Waals surface area (Å²) in [5.41, 5.74) is 3.00. The van der Waals surface area contributed by atoms with Gasteiger partial charge in [0.15, 0.2) is 0 Å². The van der Waals surface area contributed by atoms with Crippen molar-refractivity contribution in [3.05, 3.63) is 35.4 Å². The molecule has 96 valence electrons. The molecule has 0 amide bonds. The number of rotatable bonds is 5. The molecular weight excluding hydrogens is 208 g/mol. The summed E-state index contributed by atoms with van der Waals surface area (Å²) in [5.74, 6) is 0. The van der Waals surface area contributed by atoms with Crippen molar-refractivity contribution in [3.8, 4) is 0 Å². The summed E-state index contributed by atoms with van der Waals surface area (Å²) in [6, 6.07) is 8.69. The molecule has 0 aliphatic heterocycles. The second kappa shape index (κ2) is 6.18. The predicted octanol–water partition coefficient (Wildman–Crippen LogP) is 3.03. The monoisotopic (exact) mass is 234 g/mol. The van der Waals surface area contributed by atoms with E-state index in [4.69, 9.17) is 0 Å². The fourth-order valence-electron chi connectivity index (χ4n) is 1.65. The maximum atomic E-state index is 3.55. The number of hydrogen-bond donors (Lipinski definition) is 1. The summed E-state index contributed by atoms with van der Waals surface area (Å²) in [6.45, 7) is 11.8. The van der Waals surface area contributed by atoms with Crippen LogP contribution in [0.3, 0.4) is 0 Å². The van der Waals surface area contributed by atoms with Gasteiger partial charge in [0.25, 0.3) is 0 Å². The molecule has 17 heavy (non-hydrogen) atoms. The van der Waals surface area contributed by atoms with Gasteiger partial charge in [0.05, 0.1) is 0 Å². The van der Waals surface area contributed by atoms with Gasteiger partial charge in [0.1, 0.15) is 0 Å². The molecule has 0 saturated heterocycles. The standard InChI is InChI=1S/C15H26N2/c1-6-17(5)12-14-10-8-7-9-13(14)11-16-15(2,3)4/h7-10,16H,6,11-12H2,1-5H3. The third-order valence-corrected chi connectivity index (χ3v) is 2.91. The van der Waals surface area contributed by atoms with E-state index in [1.165, 1.54) is 11.1 Å². The third kappa shape index (κ3) is 5.33. The zero-order valence-electron chi connectivity index (χ0n) is 11.9. The maximum Gasteiger partial charge on any atom is 0.0233 e. The lowest BCUT2D eigenvalue weighted by Crippen LogP contribution is -2.35. The van der Waals surface area contributed by atoms with Gasteiger partial charge in [-0.1, -0.05) is 31.2 Å². The van der Waals surface area contributed by atoms with E-state index >= 15 is 0 Å². The van der Waals surface area contributed by atoms with Crippen LogP contribution in [0.25, 0.3) is 0 Å². The Morgan fingerprint density at radius 3 is 2.24 bits per heavy atom. The predicted molar refractivity (Wildman–Crippen MR) is 75.0 cm³/mol. The highest BCUT2D eigenvalue weighted by molar-refractivity contribution is 5.27. The van der Waals surface area contributed by atoms with Crippen LogP contribution in [-0.2, 0) is 13.1 Å². The molecule has 0 bridgehead atoms. The highest BCUT2D eigenvalue weighted by Gasteiger charge is 2.10. The molecule has 0 aromatic heterocycles. The number of nitrogens with one attached hydrogen (secondary N) is 1. The molecule has 2 heteroatoms. The van der Waals surface area contributed by atoms with Crippen molar-refractivity contribution in [3.63, 3.8) is 0 Å². The maximum absolute atomic E-state index is 3.55. The normalized spacial score (nSPS) is 12.1. The fourth-order valence-corrected chi connectivity index (χ4v) is 1.65. The van der Waals surface area contributed by atoms with Gasteiger partial charge in [0, 0.05) is 18.6 Å². The molecule has 2 nitrogen and oxygen atoms in total. The summed E-state index contributed by atoms with van der Waals surface area (Å²) in [5, 5.41) is 3.55. The van der Waals surface area contributed by atoms with Gasteiger partial charge in [0.2, 0.25) is 0 Å². The van der Waals surface area contributed by atoms with E-state index in [1.807, 2.05) is 0 Å². The first kappa shape index (κ1) is 14.2. The molecule has 1 rings (SSSR count). The molecule has 1 aromatic carbocycles. The smallest absolute Gasteiger partial charge is 0.0233 e. The Labute approximate surface area is 106 Å². The van der Waals surface area contributed by atoms with E-state index in [2.05, 4.69) is 69.2 Å². The van der Waals surface area contributed by atoms with Crippen LogP contribution in [0.1, 0.15) is 38.8 Å². The lowest BCUT2D eigenvalue weighted by atomic mass is 10.0. The molecule has 0 fully saturated rings. The van der Waals surface area contributed by atoms with Gasteiger partial charge in [-0.25, -0.2) is 0 Å². The van der Waals surface area contributed by atoms with Crippen molar-refractivity contribution >= 4 is 0 Å². The largest absolute Gasteiger partial charge is 0.308 e. The van der Waals surface area contributed by atoms with Crippen molar-refractivity contribution in [2.24, 2.45) is 0 Å². The number of nitrogens with zero attached hydrogens (tertiary/aromatic N) is 1. The van der Waals surface area contributed by atoms with E-state index in [9.17, 15) is 0 Å². The molecule has 0 atom stereocenters. The summed E-state index contributed by atoms with van der Waals surface area (Å²) < 4.78 is 0. The average Bonchev–Trinajstić information content (AvgIpc) is 2.26. The van der Waals surface area contributed by atoms with Crippen LogP contribution < -0.4 is 5.32 Å². The minimum absolute atomic E-state index is 0.170. The van der Waals surface area contributed by atoms with Crippen LogP contribution in [0.5, 0.6) is 0 Å². The SMILES string of the molecule is CCN(C)Cc1ccccc1CNC(C)(C)C. The second-order valence-corrected chi connectivity index (χ2v) is 5.70. The quantitative estimate of drug-likeness (QED) is 0.842. The van der Waals surface area contributed by atoms with E-state index in [0.29, 0.717) is 0 Å². The van der Waals surface area contributed by atoms with Gasteiger partial charge in [-0.2, -0.15) is 0 Å². The first-order valence-corrected chi connectivity index (χ1v) is 6.42. The molecular formula is C15H26N2. The number of benzene rings is 1. The van der Waals surface area contributed by atoms with Gasteiger partial charge < -0.3 is 10.2 Å². The van der Waals surface area contributed by atoms with E-state index < -0.39 is 0 Å². The summed E-state index contributed by atoms with van der Waals surface area (Å²) >= 11 is 0. The Balaban J connectivity index is 2.70. The van der Waals surface area contributed by atoms with E-state index in [-0.39, 0.29) is 5.54 Å². The van der Waals surface area contributed by atoms with Crippen LogP contribution in [-0.4, -0.2) is 24.0 Å². The first-order valence-electron chi connectivity index (χ1n) is 6.42. The van der Waals surface area contributed by atoms with Gasteiger partial charge in [-0.3, -0.25) is 0 Å². The number of hydrogen-bond acceptors (Lipinski definition) is 2. The minimum atomic E-state index is 0.170. The van der Waals surface area contributed by atoms with Crippen LogP contribution in [0.4, 0.5) is 0 Å². The van der Waals surface area contributed by atoms with Crippen LogP contribution >= 0.6 is 0 Å². The van der Waals surface area contributed by atoms with Gasteiger partial charge in [-0.15, -0.1) is 0 Å². The molecule has 1 N–H and O–H groups in total. The highest BCUT2D eigenvalue weighted by Crippen LogP contribution is 2.12. The molecule has 1 aromatic rings. The van der Waals surface area contributed by atoms with Crippen LogP contribution in [0, 0.1) is 0 Å². The minimum Gasteiger partial charge on any atom is -0.308 e. The topological polar surface area (TPSA) is 15.3 Å². The average molecular weight is 234 g/mol. The van der Waals surface area contributed by atoms with Gasteiger partial charge in [-0.05, 0) is 45.5 Å². The Morgan fingerprint density at radius 2 is 1.71 bits per heavy atom. The Bertz CT molecular complexity index is 339. The first-order chi connectivity index (χ1) is 7.92. The Kier molecular flexibility index (Phi) is 5.16.